The number of fused-ring (bicyclic) bond motifs is 2. The molecule has 2 rings (SSSR count). The Balaban J connectivity index is 2.04. The SMILES string of the molecule is CSCC[C@H](NC(=O)C=CF)C(=O)OC1CC2CC[C@@]1(C)C2(C)C. The van der Waals surface area contributed by atoms with E-state index in [1.54, 1.807) is 11.8 Å². The molecule has 4 atom stereocenters. The molecule has 0 aromatic carbocycles. The Bertz CT molecular complexity index is 522. The van der Waals surface area contributed by atoms with Gasteiger partial charge in [0.1, 0.15) is 12.1 Å². The summed E-state index contributed by atoms with van der Waals surface area (Å²) < 4.78 is 18.0. The van der Waals surface area contributed by atoms with Crippen LogP contribution >= 0.6 is 11.8 Å². The third kappa shape index (κ3) is 3.48. The summed E-state index contributed by atoms with van der Waals surface area (Å²) in [7, 11) is 0. The van der Waals surface area contributed by atoms with Crippen LogP contribution < -0.4 is 5.32 Å². The number of ether oxygens (including phenoxy) is 1. The predicted molar refractivity (Wildman–Crippen MR) is 94.3 cm³/mol. The lowest BCUT2D eigenvalue weighted by atomic mass is 9.70. The van der Waals surface area contributed by atoms with Crippen molar-refractivity contribution in [2.24, 2.45) is 16.7 Å². The van der Waals surface area contributed by atoms with Crippen molar-refractivity contribution in [3.8, 4) is 0 Å². The maximum atomic E-state index is 12.6. The number of thioether (sulfide) groups is 1. The van der Waals surface area contributed by atoms with Gasteiger partial charge < -0.3 is 10.1 Å². The number of esters is 1. The van der Waals surface area contributed by atoms with Gasteiger partial charge in [-0.1, -0.05) is 20.8 Å². The van der Waals surface area contributed by atoms with Crippen LogP contribution in [0, 0.1) is 16.7 Å². The first-order valence-electron chi connectivity index (χ1n) is 8.53. The highest BCUT2D eigenvalue weighted by Gasteiger charge is 2.63. The second-order valence-electron chi connectivity index (χ2n) is 7.67. The Morgan fingerprint density at radius 1 is 1.42 bits per heavy atom. The summed E-state index contributed by atoms with van der Waals surface area (Å²) in [6.07, 6.45) is 6.40. The fourth-order valence-corrected chi connectivity index (χ4v) is 4.76. The number of nitrogens with one attached hydrogen (secondary N) is 1. The molecule has 0 radical (unpaired) electrons. The molecule has 0 aliphatic heterocycles. The molecular formula is C18H28FNO3S. The number of carbonyl (C=O) groups excluding carboxylic acids is 2. The van der Waals surface area contributed by atoms with Gasteiger partial charge in [-0.3, -0.25) is 4.79 Å². The van der Waals surface area contributed by atoms with Crippen molar-refractivity contribution in [2.75, 3.05) is 12.0 Å². The second-order valence-corrected chi connectivity index (χ2v) is 8.66. The van der Waals surface area contributed by atoms with E-state index < -0.39 is 17.9 Å². The van der Waals surface area contributed by atoms with Gasteiger partial charge in [-0.15, -0.1) is 0 Å². The van der Waals surface area contributed by atoms with Gasteiger partial charge in [-0.05, 0) is 49.0 Å². The first-order chi connectivity index (χ1) is 11.3. The van der Waals surface area contributed by atoms with Crippen molar-refractivity contribution in [3.05, 3.63) is 12.4 Å². The first kappa shape index (κ1) is 19.3. The Hall–Kier alpha value is -1.04. The number of amides is 1. The van der Waals surface area contributed by atoms with Crippen molar-refractivity contribution in [3.63, 3.8) is 0 Å². The van der Waals surface area contributed by atoms with E-state index in [1.807, 2.05) is 6.26 Å². The Kier molecular flexibility index (Phi) is 6.00. The highest BCUT2D eigenvalue weighted by molar-refractivity contribution is 7.98. The van der Waals surface area contributed by atoms with Crippen molar-refractivity contribution < 1.29 is 18.7 Å². The van der Waals surface area contributed by atoms with Gasteiger partial charge >= 0.3 is 5.97 Å². The quantitative estimate of drug-likeness (QED) is 0.560. The van der Waals surface area contributed by atoms with Crippen LogP contribution in [-0.2, 0) is 14.3 Å². The van der Waals surface area contributed by atoms with Crippen LogP contribution in [-0.4, -0.2) is 36.0 Å². The number of hydrogen-bond acceptors (Lipinski definition) is 4. The highest BCUT2D eigenvalue weighted by Crippen LogP contribution is 2.66. The van der Waals surface area contributed by atoms with Gasteiger partial charge in [-0.25, -0.2) is 9.18 Å². The lowest BCUT2D eigenvalue weighted by Gasteiger charge is -2.38. The molecule has 2 saturated carbocycles. The molecule has 2 unspecified atom stereocenters. The zero-order valence-corrected chi connectivity index (χ0v) is 15.7. The van der Waals surface area contributed by atoms with Gasteiger partial charge in [0.05, 0.1) is 6.33 Å². The summed E-state index contributed by atoms with van der Waals surface area (Å²) in [5.41, 5.74) is 0.146. The average Bonchev–Trinajstić information content (AvgIpc) is 2.85. The number of halogens is 1. The average molecular weight is 357 g/mol. The molecule has 136 valence electrons. The zero-order valence-electron chi connectivity index (χ0n) is 14.9. The fourth-order valence-electron chi connectivity index (χ4n) is 4.29. The molecule has 6 heteroatoms. The second kappa shape index (κ2) is 7.46. The molecule has 24 heavy (non-hydrogen) atoms. The van der Waals surface area contributed by atoms with E-state index in [-0.39, 0.29) is 23.3 Å². The summed E-state index contributed by atoms with van der Waals surface area (Å²) in [5.74, 6) is 0.281. The summed E-state index contributed by atoms with van der Waals surface area (Å²) in [6, 6.07) is -0.730. The van der Waals surface area contributed by atoms with Crippen LogP contribution in [0.5, 0.6) is 0 Å². The minimum Gasteiger partial charge on any atom is -0.460 e. The highest BCUT2D eigenvalue weighted by atomic mass is 32.2. The molecule has 4 nitrogen and oxygen atoms in total. The lowest BCUT2D eigenvalue weighted by Crippen LogP contribution is -2.45. The molecule has 0 spiro atoms. The van der Waals surface area contributed by atoms with Crippen molar-refractivity contribution >= 4 is 23.6 Å². The van der Waals surface area contributed by atoms with Crippen molar-refractivity contribution in [1.29, 1.82) is 0 Å². The summed E-state index contributed by atoms with van der Waals surface area (Å²) in [6.45, 7) is 6.73. The number of rotatable bonds is 7. The van der Waals surface area contributed by atoms with E-state index in [2.05, 4.69) is 26.1 Å². The normalized spacial score (nSPS) is 32.0. The molecule has 0 aromatic heterocycles. The minimum absolute atomic E-state index is 0.0137. The Labute approximate surface area is 148 Å². The third-order valence-corrected chi connectivity index (χ3v) is 7.04. The van der Waals surface area contributed by atoms with E-state index in [9.17, 15) is 14.0 Å². The molecule has 0 saturated heterocycles. The lowest BCUT2D eigenvalue weighted by molar-refractivity contribution is -0.160. The van der Waals surface area contributed by atoms with E-state index >= 15 is 0 Å². The van der Waals surface area contributed by atoms with Crippen LogP contribution in [0.1, 0.15) is 46.5 Å². The molecule has 2 bridgehead atoms. The number of carbonyl (C=O) groups is 2. The predicted octanol–water partition coefficient (Wildman–Crippen LogP) is 3.47. The molecule has 2 fully saturated rings. The molecule has 2 aliphatic rings. The molecule has 0 heterocycles. The van der Waals surface area contributed by atoms with Crippen molar-refractivity contribution in [2.45, 2.75) is 58.6 Å². The fraction of sp³-hybridized carbons (Fsp3) is 0.778. The maximum Gasteiger partial charge on any atom is 0.328 e. The summed E-state index contributed by atoms with van der Waals surface area (Å²) >= 11 is 1.59. The van der Waals surface area contributed by atoms with E-state index in [1.165, 1.54) is 6.42 Å². The van der Waals surface area contributed by atoms with Crippen LogP contribution in [0.15, 0.2) is 12.4 Å². The van der Waals surface area contributed by atoms with Crippen LogP contribution in [0.25, 0.3) is 0 Å². The Morgan fingerprint density at radius 2 is 2.12 bits per heavy atom. The molecule has 1 amide bonds. The first-order valence-corrected chi connectivity index (χ1v) is 9.92. The van der Waals surface area contributed by atoms with E-state index in [0.717, 1.165) is 24.7 Å². The summed E-state index contributed by atoms with van der Waals surface area (Å²) in [5, 5.41) is 2.55. The molecule has 2 aliphatic carbocycles. The van der Waals surface area contributed by atoms with Crippen LogP contribution in [0.4, 0.5) is 4.39 Å². The molecular weight excluding hydrogens is 329 g/mol. The van der Waals surface area contributed by atoms with Crippen molar-refractivity contribution in [1.82, 2.24) is 5.32 Å². The van der Waals surface area contributed by atoms with Gasteiger partial charge in [0.15, 0.2) is 0 Å². The van der Waals surface area contributed by atoms with Gasteiger partial charge in [0.25, 0.3) is 0 Å². The maximum absolute atomic E-state index is 12.6. The molecule has 1 N–H and O–H groups in total. The number of hydrogen-bond donors (Lipinski definition) is 1. The Morgan fingerprint density at radius 3 is 2.62 bits per heavy atom. The van der Waals surface area contributed by atoms with Gasteiger partial charge in [0.2, 0.25) is 5.91 Å². The minimum atomic E-state index is -0.730. The smallest absolute Gasteiger partial charge is 0.328 e. The third-order valence-electron chi connectivity index (χ3n) is 6.40. The summed E-state index contributed by atoms with van der Waals surface area (Å²) in [4.78, 5) is 24.2. The van der Waals surface area contributed by atoms with Crippen LogP contribution in [0.2, 0.25) is 0 Å². The molecule has 0 aromatic rings. The standard InChI is InChI=1S/C18H28FNO3S/c1-17(2)12-5-8-18(17,3)14(11-12)23-16(22)13(7-10-24-4)20-15(21)6-9-19/h6,9,12-14H,5,7-8,10-11H2,1-4H3,(H,20,21)/t12?,13-,14?,18+/m0/s1. The van der Waals surface area contributed by atoms with E-state index in [4.69, 9.17) is 4.74 Å². The van der Waals surface area contributed by atoms with Gasteiger partial charge in [-0.2, -0.15) is 11.8 Å². The zero-order chi connectivity index (χ0) is 18.0. The monoisotopic (exact) mass is 357 g/mol. The van der Waals surface area contributed by atoms with E-state index in [0.29, 0.717) is 12.3 Å². The largest absolute Gasteiger partial charge is 0.460 e. The van der Waals surface area contributed by atoms with Crippen LogP contribution in [0.3, 0.4) is 0 Å². The van der Waals surface area contributed by atoms with Gasteiger partial charge in [0, 0.05) is 11.5 Å². The topological polar surface area (TPSA) is 55.4 Å².